The third-order valence-electron chi connectivity index (χ3n) is 4.57. The third-order valence-corrected chi connectivity index (χ3v) is 4.90. The Balaban J connectivity index is 1.96. The Kier molecular flexibility index (Phi) is 5.20. The maximum absolute atomic E-state index is 12.9. The second-order valence-corrected chi connectivity index (χ2v) is 6.43. The fraction of sp³-hybridized carbons (Fsp3) is 0.529. The molecule has 1 aromatic heterocycles. The molecule has 1 aromatic carbocycles. The van der Waals surface area contributed by atoms with Gasteiger partial charge in [-0.25, -0.2) is 0 Å². The van der Waals surface area contributed by atoms with E-state index < -0.39 is 0 Å². The van der Waals surface area contributed by atoms with Gasteiger partial charge in [0.05, 0.1) is 25.1 Å². The molecule has 0 radical (unpaired) electrons. The number of aromatic amines is 1. The number of piperidine rings is 1. The molecule has 7 heteroatoms. The number of hydrogen-bond donors (Lipinski definition) is 1. The fourth-order valence-electron chi connectivity index (χ4n) is 3.21. The molecule has 2 aromatic rings. The van der Waals surface area contributed by atoms with Gasteiger partial charge in [0.15, 0.2) is 16.3 Å². The van der Waals surface area contributed by atoms with Crippen molar-refractivity contribution in [2.75, 3.05) is 33.9 Å². The van der Waals surface area contributed by atoms with Crippen molar-refractivity contribution in [2.45, 2.75) is 25.8 Å². The van der Waals surface area contributed by atoms with E-state index in [9.17, 15) is 4.79 Å². The highest BCUT2D eigenvalue weighted by Crippen LogP contribution is 2.29. The molecule has 1 saturated heterocycles. The van der Waals surface area contributed by atoms with Gasteiger partial charge in [-0.2, -0.15) is 0 Å². The smallest absolute Gasteiger partial charge is 0.262 e. The van der Waals surface area contributed by atoms with Crippen LogP contribution in [-0.4, -0.2) is 48.3 Å². The summed E-state index contributed by atoms with van der Waals surface area (Å²) in [4.78, 5) is 18.4. The van der Waals surface area contributed by atoms with E-state index in [1.54, 1.807) is 30.9 Å². The lowest BCUT2D eigenvalue weighted by Crippen LogP contribution is -2.35. The van der Waals surface area contributed by atoms with Crippen LogP contribution in [0.1, 0.15) is 19.3 Å². The van der Waals surface area contributed by atoms with Gasteiger partial charge in [0.1, 0.15) is 0 Å². The summed E-state index contributed by atoms with van der Waals surface area (Å²) >= 11 is 5.39. The standard InChI is InChI=1S/C17H23N3O3S/c1-22-14-10-12-13(11-15(14)23-2)18-17(24)20(16(12)21)9-8-19-6-4-3-5-7-19/h10-11H,3-9H2,1-2H3,(H,18,24). The molecule has 3 rings (SSSR count). The zero-order valence-corrected chi connectivity index (χ0v) is 14.9. The Morgan fingerprint density at radius 3 is 2.42 bits per heavy atom. The molecule has 0 spiro atoms. The van der Waals surface area contributed by atoms with E-state index >= 15 is 0 Å². The van der Waals surface area contributed by atoms with Crippen molar-refractivity contribution in [3.05, 3.63) is 27.3 Å². The van der Waals surface area contributed by atoms with Crippen LogP contribution in [0.3, 0.4) is 0 Å². The molecule has 1 aliphatic heterocycles. The zero-order chi connectivity index (χ0) is 17.1. The SMILES string of the molecule is COc1cc2[nH]c(=S)n(CCN3CCCCC3)c(=O)c2cc1OC. The minimum absolute atomic E-state index is 0.0910. The molecule has 24 heavy (non-hydrogen) atoms. The van der Waals surface area contributed by atoms with Crippen LogP contribution in [0, 0.1) is 4.77 Å². The topological polar surface area (TPSA) is 59.5 Å². The third kappa shape index (κ3) is 3.32. The van der Waals surface area contributed by atoms with Crippen LogP contribution >= 0.6 is 12.2 Å². The zero-order valence-electron chi connectivity index (χ0n) is 14.1. The van der Waals surface area contributed by atoms with Gasteiger partial charge >= 0.3 is 0 Å². The van der Waals surface area contributed by atoms with E-state index in [1.807, 2.05) is 0 Å². The number of rotatable bonds is 5. The Morgan fingerprint density at radius 1 is 1.08 bits per heavy atom. The van der Waals surface area contributed by atoms with Gasteiger partial charge < -0.3 is 19.4 Å². The molecule has 2 heterocycles. The minimum atomic E-state index is -0.0910. The number of benzene rings is 1. The molecule has 0 atom stereocenters. The first kappa shape index (κ1) is 17.0. The van der Waals surface area contributed by atoms with Gasteiger partial charge in [-0.05, 0) is 44.2 Å². The minimum Gasteiger partial charge on any atom is -0.493 e. The van der Waals surface area contributed by atoms with Crippen LogP contribution in [0.5, 0.6) is 11.5 Å². The molecular weight excluding hydrogens is 326 g/mol. The van der Waals surface area contributed by atoms with Gasteiger partial charge in [-0.15, -0.1) is 0 Å². The van der Waals surface area contributed by atoms with Crippen LogP contribution in [0.15, 0.2) is 16.9 Å². The van der Waals surface area contributed by atoms with Gasteiger partial charge in [0.25, 0.3) is 5.56 Å². The summed E-state index contributed by atoms with van der Waals surface area (Å²) in [6.45, 7) is 3.64. The van der Waals surface area contributed by atoms with Gasteiger partial charge in [-0.3, -0.25) is 9.36 Å². The molecule has 1 N–H and O–H groups in total. The van der Waals surface area contributed by atoms with Gasteiger partial charge in [-0.1, -0.05) is 6.42 Å². The predicted octanol–water partition coefficient (Wildman–Crippen LogP) is 2.56. The first-order valence-corrected chi connectivity index (χ1v) is 8.66. The first-order chi connectivity index (χ1) is 11.6. The van der Waals surface area contributed by atoms with Crippen molar-refractivity contribution in [3.63, 3.8) is 0 Å². The second kappa shape index (κ2) is 7.36. The van der Waals surface area contributed by atoms with Crippen LogP contribution in [0.2, 0.25) is 0 Å². The van der Waals surface area contributed by atoms with E-state index in [1.165, 1.54) is 19.3 Å². The van der Waals surface area contributed by atoms with Crippen molar-refractivity contribution >= 4 is 23.1 Å². The molecule has 1 fully saturated rings. The lowest BCUT2D eigenvalue weighted by molar-refractivity contribution is 0.219. The number of fused-ring (bicyclic) bond motifs is 1. The largest absolute Gasteiger partial charge is 0.493 e. The molecule has 0 amide bonds. The fourth-order valence-corrected chi connectivity index (χ4v) is 3.49. The lowest BCUT2D eigenvalue weighted by Gasteiger charge is -2.26. The van der Waals surface area contributed by atoms with Crippen LogP contribution in [0.25, 0.3) is 10.9 Å². The maximum Gasteiger partial charge on any atom is 0.262 e. The summed E-state index contributed by atoms with van der Waals surface area (Å²) in [7, 11) is 3.13. The number of nitrogens with zero attached hydrogens (tertiary/aromatic N) is 2. The Hall–Kier alpha value is -1.86. The van der Waals surface area contributed by atoms with E-state index in [4.69, 9.17) is 21.7 Å². The van der Waals surface area contributed by atoms with E-state index in [0.29, 0.717) is 33.7 Å². The van der Waals surface area contributed by atoms with Crippen molar-refractivity contribution in [3.8, 4) is 11.5 Å². The maximum atomic E-state index is 12.9. The van der Waals surface area contributed by atoms with E-state index in [0.717, 1.165) is 19.6 Å². The summed E-state index contributed by atoms with van der Waals surface area (Å²) in [5.41, 5.74) is 0.573. The number of aromatic nitrogens is 2. The van der Waals surface area contributed by atoms with Crippen molar-refractivity contribution < 1.29 is 9.47 Å². The number of H-pyrrole nitrogens is 1. The van der Waals surface area contributed by atoms with Crippen molar-refractivity contribution in [1.82, 2.24) is 14.5 Å². The van der Waals surface area contributed by atoms with Crippen molar-refractivity contribution in [1.29, 1.82) is 0 Å². The number of likely N-dealkylation sites (tertiary alicyclic amines) is 1. The van der Waals surface area contributed by atoms with Crippen molar-refractivity contribution in [2.24, 2.45) is 0 Å². The summed E-state index contributed by atoms with van der Waals surface area (Å²) < 4.78 is 12.7. The summed E-state index contributed by atoms with van der Waals surface area (Å²) in [5.74, 6) is 1.11. The highest BCUT2D eigenvalue weighted by molar-refractivity contribution is 7.71. The van der Waals surface area contributed by atoms with Crippen LogP contribution in [0.4, 0.5) is 0 Å². The van der Waals surface area contributed by atoms with E-state index in [-0.39, 0.29) is 5.56 Å². The molecular formula is C17H23N3O3S. The number of methoxy groups -OCH3 is 2. The molecule has 6 nitrogen and oxygen atoms in total. The Bertz CT molecular complexity index is 837. The number of ether oxygens (including phenoxy) is 2. The van der Waals surface area contributed by atoms with Gasteiger partial charge in [0, 0.05) is 19.2 Å². The molecule has 0 unspecified atom stereocenters. The molecule has 1 aliphatic rings. The van der Waals surface area contributed by atoms with Crippen LogP contribution in [-0.2, 0) is 6.54 Å². The molecule has 0 saturated carbocycles. The average molecular weight is 349 g/mol. The highest BCUT2D eigenvalue weighted by Gasteiger charge is 2.14. The number of nitrogens with one attached hydrogen (secondary N) is 1. The predicted molar refractivity (Wildman–Crippen MR) is 96.8 cm³/mol. The summed E-state index contributed by atoms with van der Waals surface area (Å²) in [6, 6.07) is 3.46. The Labute approximate surface area is 146 Å². The van der Waals surface area contributed by atoms with Gasteiger partial charge in [0.2, 0.25) is 0 Å². The molecule has 130 valence electrons. The normalized spacial score (nSPS) is 15.6. The quantitative estimate of drug-likeness (QED) is 0.841. The summed E-state index contributed by atoms with van der Waals surface area (Å²) in [6.07, 6.45) is 3.76. The number of hydrogen-bond acceptors (Lipinski definition) is 5. The highest BCUT2D eigenvalue weighted by atomic mass is 32.1. The Morgan fingerprint density at radius 2 is 1.75 bits per heavy atom. The van der Waals surface area contributed by atoms with E-state index in [2.05, 4.69) is 9.88 Å². The monoisotopic (exact) mass is 349 g/mol. The average Bonchev–Trinajstić information content (AvgIpc) is 2.61. The second-order valence-electron chi connectivity index (χ2n) is 6.04. The summed E-state index contributed by atoms with van der Waals surface area (Å²) in [5, 5.41) is 0.555. The first-order valence-electron chi connectivity index (χ1n) is 8.25. The van der Waals surface area contributed by atoms with Crippen LogP contribution < -0.4 is 15.0 Å². The lowest BCUT2D eigenvalue weighted by atomic mass is 10.1. The molecule has 0 aliphatic carbocycles. The molecule has 0 bridgehead atoms.